The predicted molar refractivity (Wildman–Crippen MR) is 96.6 cm³/mol. The zero-order valence-electron chi connectivity index (χ0n) is 14.4. The number of nitrogens with one attached hydrogen (secondary N) is 1. The minimum Gasteiger partial charge on any atom is -0.480 e. The Morgan fingerprint density at radius 1 is 1.33 bits per heavy atom. The lowest BCUT2D eigenvalue weighted by atomic mass is 9.80. The molecule has 4 heteroatoms. The summed E-state index contributed by atoms with van der Waals surface area (Å²) in [6.45, 7) is 2.22. The van der Waals surface area contributed by atoms with E-state index in [2.05, 4.69) is 42.6 Å². The largest absolute Gasteiger partial charge is 0.480 e. The predicted octanol–water partition coefficient (Wildman–Crippen LogP) is 3.18. The average Bonchev–Trinajstić information content (AvgIpc) is 3.34. The average molecular weight is 328 g/mol. The smallest absolute Gasteiger partial charge is 0.323 e. The molecule has 2 aliphatic carbocycles. The summed E-state index contributed by atoms with van der Waals surface area (Å²) in [6.07, 6.45) is 7.44. The summed E-state index contributed by atoms with van der Waals surface area (Å²) in [4.78, 5) is 11.2. The lowest BCUT2D eigenvalue weighted by molar-refractivity contribution is -0.144. The molecule has 1 aromatic rings. The maximum Gasteiger partial charge on any atom is 0.323 e. The molecule has 0 aromatic heterocycles. The highest BCUT2D eigenvalue weighted by atomic mass is 16.4. The van der Waals surface area contributed by atoms with E-state index in [4.69, 9.17) is 5.73 Å². The molecule has 0 saturated heterocycles. The first-order valence-corrected chi connectivity index (χ1v) is 9.05. The van der Waals surface area contributed by atoms with Gasteiger partial charge in [0.05, 0.1) is 0 Å². The summed E-state index contributed by atoms with van der Waals surface area (Å²) >= 11 is 0. The van der Waals surface area contributed by atoms with Gasteiger partial charge in [0.2, 0.25) is 0 Å². The van der Waals surface area contributed by atoms with E-state index in [1.165, 1.54) is 17.6 Å². The maximum atomic E-state index is 11.2. The number of carboxylic acids is 1. The molecular formula is C20H28N2O2. The highest BCUT2D eigenvalue weighted by Crippen LogP contribution is 2.41. The fraction of sp³-hybridized carbons (Fsp3) is 0.550. The molecule has 0 radical (unpaired) electrons. The van der Waals surface area contributed by atoms with Crippen LogP contribution >= 0.6 is 0 Å². The highest BCUT2D eigenvalue weighted by molar-refractivity contribution is 5.78. The minimum atomic E-state index is -1.01. The molecule has 2 aliphatic rings. The van der Waals surface area contributed by atoms with Crippen molar-refractivity contribution in [3.8, 4) is 0 Å². The molecule has 0 amide bonds. The number of rotatable bonds is 6. The molecule has 2 fully saturated rings. The summed E-state index contributed by atoms with van der Waals surface area (Å²) in [5.41, 5.74) is 7.72. The molecule has 2 unspecified atom stereocenters. The van der Waals surface area contributed by atoms with Gasteiger partial charge in [-0.2, -0.15) is 0 Å². The second-order valence-corrected chi connectivity index (χ2v) is 7.33. The Morgan fingerprint density at radius 3 is 2.58 bits per heavy atom. The van der Waals surface area contributed by atoms with Crippen molar-refractivity contribution in [2.24, 2.45) is 11.7 Å². The van der Waals surface area contributed by atoms with E-state index in [9.17, 15) is 9.90 Å². The van der Waals surface area contributed by atoms with Crippen LogP contribution < -0.4 is 11.1 Å². The van der Waals surface area contributed by atoms with Crippen LogP contribution in [0.1, 0.15) is 51.0 Å². The van der Waals surface area contributed by atoms with Gasteiger partial charge in [-0.15, -0.1) is 0 Å². The molecular weight excluding hydrogens is 300 g/mol. The molecule has 130 valence electrons. The van der Waals surface area contributed by atoms with E-state index in [1.807, 2.05) is 6.07 Å². The summed E-state index contributed by atoms with van der Waals surface area (Å²) in [6, 6.07) is 11.4. The number of benzene rings is 1. The number of nitrogens with two attached hydrogens (primary N) is 1. The van der Waals surface area contributed by atoms with Gasteiger partial charge in [-0.1, -0.05) is 48.9 Å². The molecule has 0 bridgehead atoms. The van der Waals surface area contributed by atoms with Crippen LogP contribution in [0.3, 0.4) is 0 Å². The van der Waals surface area contributed by atoms with Gasteiger partial charge in [0.1, 0.15) is 5.54 Å². The Labute approximate surface area is 144 Å². The summed E-state index contributed by atoms with van der Waals surface area (Å²) in [7, 11) is 0. The summed E-state index contributed by atoms with van der Waals surface area (Å²) in [5.74, 6) is -0.233. The van der Waals surface area contributed by atoms with Crippen LogP contribution in [-0.4, -0.2) is 28.7 Å². The first kappa shape index (κ1) is 17.2. The van der Waals surface area contributed by atoms with Crippen molar-refractivity contribution in [1.29, 1.82) is 0 Å². The third kappa shape index (κ3) is 3.87. The van der Waals surface area contributed by atoms with Crippen LogP contribution in [-0.2, 0) is 4.79 Å². The molecule has 2 atom stereocenters. The van der Waals surface area contributed by atoms with Gasteiger partial charge in [-0.25, -0.2) is 0 Å². The third-order valence-corrected chi connectivity index (χ3v) is 5.58. The van der Waals surface area contributed by atoms with Crippen LogP contribution in [0.25, 0.3) is 6.08 Å². The zero-order chi connectivity index (χ0) is 17.2. The van der Waals surface area contributed by atoms with Gasteiger partial charge in [0, 0.05) is 12.1 Å². The van der Waals surface area contributed by atoms with Crippen LogP contribution in [0.15, 0.2) is 35.9 Å². The van der Waals surface area contributed by atoms with Gasteiger partial charge < -0.3 is 16.2 Å². The maximum absolute atomic E-state index is 11.2. The monoisotopic (exact) mass is 328 g/mol. The molecule has 0 spiro atoms. The standard InChI is InChI=1S/C20H28N2O2/c1-2-15(12-14-6-4-3-5-7-14)17-13-18(17)22-16-8-10-20(21,11-9-16)19(23)24/h3-7,12,16-18,22H,2,8-11,13,21H2,1H3,(H,23,24). The van der Waals surface area contributed by atoms with Crippen molar-refractivity contribution in [3.05, 3.63) is 41.5 Å². The molecule has 0 heterocycles. The molecule has 4 nitrogen and oxygen atoms in total. The molecule has 1 aromatic carbocycles. The fourth-order valence-electron chi connectivity index (χ4n) is 3.84. The van der Waals surface area contributed by atoms with Crippen LogP contribution in [0.4, 0.5) is 0 Å². The highest BCUT2D eigenvalue weighted by Gasteiger charge is 2.43. The summed E-state index contributed by atoms with van der Waals surface area (Å²) in [5, 5.41) is 12.9. The van der Waals surface area contributed by atoms with Crippen molar-refractivity contribution in [1.82, 2.24) is 5.32 Å². The molecule has 4 N–H and O–H groups in total. The molecule has 2 saturated carbocycles. The topological polar surface area (TPSA) is 75.3 Å². The molecule has 24 heavy (non-hydrogen) atoms. The Balaban J connectivity index is 1.53. The Bertz CT molecular complexity index is 603. The number of aliphatic carboxylic acids is 1. The van der Waals surface area contributed by atoms with Gasteiger partial charge >= 0.3 is 5.97 Å². The van der Waals surface area contributed by atoms with Crippen molar-refractivity contribution < 1.29 is 9.90 Å². The Kier molecular flexibility index (Phi) is 5.07. The lowest BCUT2D eigenvalue weighted by Crippen LogP contribution is -2.53. The van der Waals surface area contributed by atoms with E-state index >= 15 is 0 Å². The number of hydrogen-bond acceptors (Lipinski definition) is 3. The Hall–Kier alpha value is -1.65. The fourth-order valence-corrected chi connectivity index (χ4v) is 3.84. The van der Waals surface area contributed by atoms with Crippen molar-refractivity contribution >= 4 is 12.0 Å². The van der Waals surface area contributed by atoms with E-state index in [-0.39, 0.29) is 0 Å². The first-order valence-electron chi connectivity index (χ1n) is 9.05. The van der Waals surface area contributed by atoms with Crippen LogP contribution in [0.5, 0.6) is 0 Å². The second kappa shape index (κ2) is 7.08. The van der Waals surface area contributed by atoms with Crippen molar-refractivity contribution in [3.63, 3.8) is 0 Å². The number of carboxylic acid groups (broad SMARTS) is 1. The van der Waals surface area contributed by atoms with Crippen molar-refractivity contribution in [2.75, 3.05) is 0 Å². The van der Waals surface area contributed by atoms with Gasteiger partial charge in [0.25, 0.3) is 0 Å². The summed E-state index contributed by atoms with van der Waals surface area (Å²) < 4.78 is 0. The zero-order valence-corrected chi connectivity index (χ0v) is 14.4. The Morgan fingerprint density at radius 2 is 2.00 bits per heavy atom. The van der Waals surface area contributed by atoms with E-state index in [0.29, 0.717) is 30.8 Å². The van der Waals surface area contributed by atoms with E-state index < -0.39 is 11.5 Å². The second-order valence-electron chi connectivity index (χ2n) is 7.33. The number of carbonyl (C=O) groups is 1. The normalized spacial score (nSPS) is 33.2. The van der Waals surface area contributed by atoms with Crippen molar-refractivity contribution in [2.45, 2.75) is 63.1 Å². The van der Waals surface area contributed by atoms with E-state index in [0.717, 1.165) is 19.3 Å². The van der Waals surface area contributed by atoms with Crippen LogP contribution in [0.2, 0.25) is 0 Å². The first-order chi connectivity index (χ1) is 11.5. The van der Waals surface area contributed by atoms with Gasteiger partial charge in [0.15, 0.2) is 0 Å². The minimum absolute atomic E-state index is 0.408. The quantitative estimate of drug-likeness (QED) is 0.750. The number of hydrogen-bond donors (Lipinski definition) is 3. The lowest BCUT2D eigenvalue weighted by Gasteiger charge is -2.34. The van der Waals surface area contributed by atoms with Crippen LogP contribution in [0, 0.1) is 5.92 Å². The third-order valence-electron chi connectivity index (χ3n) is 5.58. The van der Waals surface area contributed by atoms with E-state index in [1.54, 1.807) is 0 Å². The van der Waals surface area contributed by atoms with Gasteiger partial charge in [-0.3, -0.25) is 4.79 Å². The van der Waals surface area contributed by atoms with Gasteiger partial charge in [-0.05, 0) is 50.0 Å². The molecule has 3 rings (SSSR count). The SMILES string of the molecule is CCC(=Cc1ccccc1)C1CC1NC1CCC(N)(C(=O)O)CC1. The molecule has 0 aliphatic heterocycles.